The van der Waals surface area contributed by atoms with Gasteiger partial charge < -0.3 is 9.47 Å². The molecule has 0 aliphatic carbocycles. The molecule has 2 fully saturated rings. The van der Waals surface area contributed by atoms with Crippen LogP contribution < -0.4 is 4.74 Å². The predicted octanol–water partition coefficient (Wildman–Crippen LogP) is 5.33. The summed E-state index contributed by atoms with van der Waals surface area (Å²) in [6.45, 7) is 4.93. The van der Waals surface area contributed by atoms with Crippen molar-refractivity contribution in [3.8, 4) is 5.75 Å². The molecule has 2 aliphatic heterocycles. The molecular formula is C26H27NO2. The number of nitrogens with zero attached hydrogens (tertiary/aromatic N) is 1. The van der Waals surface area contributed by atoms with Crippen molar-refractivity contribution in [3.05, 3.63) is 102 Å². The SMILES string of the molecule is C[C@H](c1ccccc1)N1CC[C@@]2(c3ccc(OCc4ccccc4)cc3)O[C@H]2C1. The molecule has 0 unspecified atom stereocenters. The van der Waals surface area contributed by atoms with E-state index in [-0.39, 0.29) is 5.60 Å². The van der Waals surface area contributed by atoms with Gasteiger partial charge in [0.2, 0.25) is 0 Å². The van der Waals surface area contributed by atoms with Crippen LogP contribution >= 0.6 is 0 Å². The molecule has 0 saturated carbocycles. The van der Waals surface area contributed by atoms with Crippen molar-refractivity contribution in [1.82, 2.24) is 4.90 Å². The van der Waals surface area contributed by atoms with E-state index in [0.29, 0.717) is 18.8 Å². The second-order valence-electron chi connectivity index (χ2n) is 8.13. The Morgan fingerprint density at radius 3 is 2.34 bits per heavy atom. The van der Waals surface area contributed by atoms with Crippen LogP contribution in [0.15, 0.2) is 84.9 Å². The second-order valence-corrected chi connectivity index (χ2v) is 8.13. The molecular weight excluding hydrogens is 358 g/mol. The molecule has 0 aromatic heterocycles. The van der Waals surface area contributed by atoms with Crippen LogP contribution in [-0.2, 0) is 16.9 Å². The third-order valence-electron chi connectivity index (χ3n) is 6.41. The molecule has 0 amide bonds. The van der Waals surface area contributed by atoms with Crippen molar-refractivity contribution in [2.75, 3.05) is 13.1 Å². The summed E-state index contributed by atoms with van der Waals surface area (Å²) in [5.41, 5.74) is 3.74. The van der Waals surface area contributed by atoms with Crippen LogP contribution in [0.25, 0.3) is 0 Å². The van der Waals surface area contributed by atoms with Crippen LogP contribution in [-0.4, -0.2) is 24.1 Å². The van der Waals surface area contributed by atoms with E-state index in [1.54, 1.807) is 0 Å². The van der Waals surface area contributed by atoms with E-state index < -0.39 is 0 Å². The highest BCUT2D eigenvalue weighted by molar-refractivity contribution is 5.36. The van der Waals surface area contributed by atoms with E-state index in [9.17, 15) is 0 Å². The number of likely N-dealkylation sites (tertiary alicyclic amines) is 1. The maximum atomic E-state index is 6.25. The fraction of sp³-hybridized carbons (Fsp3) is 0.308. The number of hydrogen-bond donors (Lipinski definition) is 0. The summed E-state index contributed by atoms with van der Waals surface area (Å²) < 4.78 is 12.2. The Kier molecular flexibility index (Phi) is 4.86. The van der Waals surface area contributed by atoms with Gasteiger partial charge in [0.15, 0.2) is 0 Å². The van der Waals surface area contributed by atoms with E-state index >= 15 is 0 Å². The number of piperidine rings is 1. The van der Waals surface area contributed by atoms with Gasteiger partial charge in [-0.1, -0.05) is 72.8 Å². The smallest absolute Gasteiger partial charge is 0.122 e. The first-order chi connectivity index (χ1) is 14.2. The van der Waals surface area contributed by atoms with Gasteiger partial charge in [-0.2, -0.15) is 0 Å². The summed E-state index contributed by atoms with van der Waals surface area (Å²) in [6.07, 6.45) is 1.33. The average Bonchev–Trinajstić information content (AvgIpc) is 3.54. The van der Waals surface area contributed by atoms with E-state index in [1.807, 2.05) is 18.2 Å². The zero-order valence-electron chi connectivity index (χ0n) is 16.8. The zero-order valence-corrected chi connectivity index (χ0v) is 16.8. The molecule has 0 spiro atoms. The molecule has 2 aliphatic rings. The summed E-state index contributed by atoms with van der Waals surface area (Å²) in [4.78, 5) is 2.54. The van der Waals surface area contributed by atoms with Crippen molar-refractivity contribution >= 4 is 0 Å². The predicted molar refractivity (Wildman–Crippen MR) is 115 cm³/mol. The Morgan fingerprint density at radius 1 is 0.966 bits per heavy atom. The maximum absolute atomic E-state index is 6.25. The van der Waals surface area contributed by atoms with Gasteiger partial charge in [0.1, 0.15) is 24.1 Å². The van der Waals surface area contributed by atoms with Crippen LogP contribution in [0.4, 0.5) is 0 Å². The van der Waals surface area contributed by atoms with E-state index in [1.165, 1.54) is 16.7 Å². The minimum Gasteiger partial charge on any atom is -0.489 e. The summed E-state index contributed by atoms with van der Waals surface area (Å²) in [7, 11) is 0. The van der Waals surface area contributed by atoms with Gasteiger partial charge in [-0.15, -0.1) is 0 Å². The van der Waals surface area contributed by atoms with Crippen molar-refractivity contribution in [1.29, 1.82) is 0 Å². The fourth-order valence-corrected chi connectivity index (χ4v) is 4.51. The van der Waals surface area contributed by atoms with Crippen LogP contribution in [0.2, 0.25) is 0 Å². The molecule has 2 heterocycles. The molecule has 5 rings (SSSR count). The average molecular weight is 386 g/mol. The summed E-state index contributed by atoms with van der Waals surface area (Å²) in [5.74, 6) is 0.904. The molecule has 0 radical (unpaired) electrons. The van der Waals surface area contributed by atoms with Crippen LogP contribution in [0.3, 0.4) is 0 Å². The van der Waals surface area contributed by atoms with Crippen molar-refractivity contribution in [3.63, 3.8) is 0 Å². The standard InChI is InChI=1S/C26H27NO2/c1-20(22-10-6-3-7-11-22)27-17-16-26(25(18-27)29-26)23-12-14-24(15-13-23)28-19-21-8-4-2-5-9-21/h2-15,20,25H,16-19H2,1H3/t20-,25+,26+/m1/s1. The molecule has 148 valence electrons. The van der Waals surface area contributed by atoms with Crippen molar-refractivity contribution in [2.45, 2.75) is 37.7 Å². The van der Waals surface area contributed by atoms with Crippen molar-refractivity contribution in [2.24, 2.45) is 0 Å². The third kappa shape index (κ3) is 3.68. The maximum Gasteiger partial charge on any atom is 0.122 e. The highest BCUT2D eigenvalue weighted by Gasteiger charge is 2.60. The molecule has 3 aromatic carbocycles. The van der Waals surface area contributed by atoms with Crippen molar-refractivity contribution < 1.29 is 9.47 Å². The van der Waals surface area contributed by atoms with Gasteiger partial charge >= 0.3 is 0 Å². The van der Waals surface area contributed by atoms with E-state index in [2.05, 4.69) is 78.6 Å². The molecule has 3 nitrogen and oxygen atoms in total. The zero-order chi connectivity index (χ0) is 19.7. The van der Waals surface area contributed by atoms with Crippen LogP contribution in [0.5, 0.6) is 5.75 Å². The lowest BCUT2D eigenvalue weighted by molar-refractivity contribution is 0.174. The van der Waals surface area contributed by atoms with Gasteiger partial charge in [0.05, 0.1) is 0 Å². The fourth-order valence-electron chi connectivity index (χ4n) is 4.51. The molecule has 0 N–H and O–H groups in total. The molecule has 0 bridgehead atoms. The highest BCUT2D eigenvalue weighted by atomic mass is 16.6. The second kappa shape index (κ2) is 7.66. The molecule has 2 saturated heterocycles. The lowest BCUT2D eigenvalue weighted by atomic mass is 9.88. The number of benzene rings is 3. The number of fused-ring (bicyclic) bond motifs is 1. The van der Waals surface area contributed by atoms with Gasteiger partial charge in [0, 0.05) is 19.1 Å². The Morgan fingerprint density at radius 2 is 1.66 bits per heavy atom. The number of hydrogen-bond acceptors (Lipinski definition) is 3. The first kappa shape index (κ1) is 18.4. The molecule has 3 heteroatoms. The van der Waals surface area contributed by atoms with Gasteiger partial charge in [0.25, 0.3) is 0 Å². The van der Waals surface area contributed by atoms with Crippen LogP contribution in [0.1, 0.15) is 36.1 Å². The third-order valence-corrected chi connectivity index (χ3v) is 6.41. The minimum atomic E-state index is -0.0924. The number of ether oxygens (including phenoxy) is 2. The summed E-state index contributed by atoms with van der Waals surface area (Å²) in [6, 6.07) is 29.9. The van der Waals surface area contributed by atoms with Gasteiger partial charge in [-0.05, 0) is 42.2 Å². The minimum absolute atomic E-state index is 0.0924. The van der Waals surface area contributed by atoms with Crippen LogP contribution in [0, 0.1) is 0 Å². The Labute approximate surface area is 172 Å². The molecule has 29 heavy (non-hydrogen) atoms. The monoisotopic (exact) mass is 385 g/mol. The lowest BCUT2D eigenvalue weighted by Gasteiger charge is -2.33. The van der Waals surface area contributed by atoms with E-state index in [0.717, 1.165) is 25.3 Å². The Hall–Kier alpha value is -2.62. The molecule has 3 atom stereocenters. The first-order valence-electron chi connectivity index (χ1n) is 10.5. The van der Waals surface area contributed by atoms with E-state index in [4.69, 9.17) is 9.47 Å². The van der Waals surface area contributed by atoms with Gasteiger partial charge in [-0.3, -0.25) is 4.90 Å². The number of epoxide rings is 1. The topological polar surface area (TPSA) is 25.0 Å². The normalized spacial score (nSPS) is 24.5. The summed E-state index contributed by atoms with van der Waals surface area (Å²) >= 11 is 0. The summed E-state index contributed by atoms with van der Waals surface area (Å²) in [5, 5.41) is 0. The largest absolute Gasteiger partial charge is 0.489 e. The molecule has 3 aromatic rings. The van der Waals surface area contributed by atoms with Gasteiger partial charge in [-0.25, -0.2) is 0 Å². The Balaban J connectivity index is 1.21. The Bertz CT molecular complexity index is 941. The quantitative estimate of drug-likeness (QED) is 0.537. The first-order valence-corrected chi connectivity index (χ1v) is 10.5. The highest BCUT2D eigenvalue weighted by Crippen LogP contribution is 2.53. The number of rotatable bonds is 6. The lowest BCUT2D eigenvalue weighted by Crippen LogP contribution is -2.39.